The van der Waals surface area contributed by atoms with Gasteiger partial charge in [-0.25, -0.2) is 13.2 Å². The summed E-state index contributed by atoms with van der Waals surface area (Å²) in [6.07, 6.45) is 0.841. The fraction of sp³-hybridized carbons (Fsp3) is 0.278. The van der Waals surface area contributed by atoms with Gasteiger partial charge in [-0.15, -0.1) is 0 Å². The second-order valence-corrected chi connectivity index (χ2v) is 8.37. The van der Waals surface area contributed by atoms with Crippen molar-refractivity contribution in [2.45, 2.75) is 19.4 Å². The molecule has 6 nitrogen and oxygen atoms in total. The van der Waals surface area contributed by atoms with Crippen LogP contribution in [0.4, 0.5) is 16.2 Å². The Hall–Kier alpha value is -2.25. The number of anilines is 2. The van der Waals surface area contributed by atoms with Gasteiger partial charge in [-0.05, 0) is 36.6 Å². The van der Waals surface area contributed by atoms with E-state index in [1.807, 2.05) is 30.3 Å². The minimum atomic E-state index is -3.34. The molecule has 0 unspecified atom stereocenters. The predicted molar refractivity (Wildman–Crippen MR) is 102 cm³/mol. The monoisotopic (exact) mass is 394 g/mol. The van der Waals surface area contributed by atoms with Crippen LogP contribution in [0.15, 0.2) is 48.5 Å². The van der Waals surface area contributed by atoms with E-state index in [1.54, 1.807) is 12.1 Å². The van der Waals surface area contributed by atoms with Crippen molar-refractivity contribution < 1.29 is 17.9 Å². The van der Waals surface area contributed by atoms with Crippen molar-refractivity contribution in [3.8, 4) is 0 Å². The van der Waals surface area contributed by atoms with Crippen LogP contribution in [0.3, 0.4) is 0 Å². The quantitative estimate of drug-likeness (QED) is 0.849. The van der Waals surface area contributed by atoms with Gasteiger partial charge in [0, 0.05) is 12.2 Å². The molecule has 1 N–H and O–H groups in total. The van der Waals surface area contributed by atoms with Crippen LogP contribution in [0, 0.1) is 0 Å². The first-order valence-corrected chi connectivity index (χ1v) is 10.2. The number of ether oxygens (including phenoxy) is 1. The summed E-state index contributed by atoms with van der Waals surface area (Å²) in [4.78, 5) is 11.9. The van der Waals surface area contributed by atoms with E-state index in [0.29, 0.717) is 24.3 Å². The molecule has 1 fully saturated rings. The number of rotatable bonds is 4. The lowest BCUT2D eigenvalue weighted by molar-refractivity contribution is 0.155. The number of nitrogens with one attached hydrogen (secondary N) is 1. The minimum Gasteiger partial charge on any atom is -0.444 e. The van der Waals surface area contributed by atoms with Crippen LogP contribution in [0.2, 0.25) is 5.02 Å². The Kier molecular flexibility index (Phi) is 5.68. The number of nitrogens with zero attached hydrogens (tertiary/aromatic N) is 1. The SMILES string of the molecule is O=C(Nc1ccc(N2CCCCS2(=O)=O)c(Cl)c1)OCc1ccccc1. The van der Waals surface area contributed by atoms with Crippen LogP contribution in [0.1, 0.15) is 18.4 Å². The zero-order chi connectivity index (χ0) is 18.6. The molecule has 1 aliphatic rings. The molecule has 2 aromatic carbocycles. The topological polar surface area (TPSA) is 75.7 Å². The van der Waals surface area contributed by atoms with E-state index in [9.17, 15) is 13.2 Å². The van der Waals surface area contributed by atoms with E-state index < -0.39 is 16.1 Å². The summed E-state index contributed by atoms with van der Waals surface area (Å²) >= 11 is 6.25. The van der Waals surface area contributed by atoms with E-state index in [2.05, 4.69) is 5.32 Å². The Bertz CT molecular complexity index is 887. The van der Waals surface area contributed by atoms with Gasteiger partial charge in [-0.2, -0.15) is 0 Å². The second kappa shape index (κ2) is 7.97. The Morgan fingerprint density at radius 1 is 1.15 bits per heavy atom. The first kappa shape index (κ1) is 18.5. The number of hydrogen-bond acceptors (Lipinski definition) is 4. The molecule has 138 valence electrons. The summed E-state index contributed by atoms with van der Waals surface area (Å²) in [5.41, 5.74) is 1.74. The van der Waals surface area contributed by atoms with E-state index in [1.165, 1.54) is 10.4 Å². The number of amides is 1. The molecule has 0 saturated carbocycles. The number of hydrogen-bond donors (Lipinski definition) is 1. The van der Waals surface area contributed by atoms with Crippen molar-refractivity contribution in [2.24, 2.45) is 0 Å². The second-order valence-electron chi connectivity index (χ2n) is 5.95. The van der Waals surface area contributed by atoms with Gasteiger partial charge in [-0.3, -0.25) is 9.62 Å². The fourth-order valence-corrected chi connectivity index (χ4v) is 4.71. The summed E-state index contributed by atoms with van der Waals surface area (Å²) in [7, 11) is -3.34. The lowest BCUT2D eigenvalue weighted by Gasteiger charge is -2.29. The molecule has 1 amide bonds. The molecule has 0 bridgehead atoms. The smallest absolute Gasteiger partial charge is 0.411 e. The van der Waals surface area contributed by atoms with Crippen molar-refractivity contribution in [3.05, 3.63) is 59.1 Å². The average molecular weight is 395 g/mol. The van der Waals surface area contributed by atoms with Gasteiger partial charge in [-0.1, -0.05) is 41.9 Å². The van der Waals surface area contributed by atoms with Crippen LogP contribution in [0.5, 0.6) is 0 Å². The summed E-state index contributed by atoms with van der Waals surface area (Å²) in [6, 6.07) is 14.1. The van der Waals surface area contributed by atoms with Gasteiger partial charge in [0.2, 0.25) is 10.0 Å². The molecule has 2 aromatic rings. The first-order chi connectivity index (χ1) is 12.5. The summed E-state index contributed by atoms with van der Waals surface area (Å²) in [6.45, 7) is 0.568. The van der Waals surface area contributed by atoms with Crippen molar-refractivity contribution >= 4 is 39.1 Å². The Labute approximate surface area is 157 Å². The van der Waals surface area contributed by atoms with E-state index in [4.69, 9.17) is 16.3 Å². The first-order valence-electron chi connectivity index (χ1n) is 8.23. The highest BCUT2D eigenvalue weighted by atomic mass is 35.5. The zero-order valence-corrected chi connectivity index (χ0v) is 15.6. The number of halogens is 1. The molecule has 1 aliphatic heterocycles. The van der Waals surface area contributed by atoms with Gasteiger partial charge in [0.15, 0.2) is 0 Å². The lowest BCUT2D eigenvalue weighted by atomic mass is 10.2. The van der Waals surface area contributed by atoms with E-state index in [-0.39, 0.29) is 17.4 Å². The van der Waals surface area contributed by atoms with Crippen molar-refractivity contribution in [1.29, 1.82) is 0 Å². The molecule has 1 saturated heterocycles. The Morgan fingerprint density at radius 3 is 2.62 bits per heavy atom. The maximum atomic E-state index is 12.2. The highest BCUT2D eigenvalue weighted by Crippen LogP contribution is 2.32. The van der Waals surface area contributed by atoms with Crippen LogP contribution in [-0.4, -0.2) is 26.8 Å². The minimum absolute atomic E-state index is 0.120. The molecule has 0 radical (unpaired) electrons. The van der Waals surface area contributed by atoms with Gasteiger partial charge in [0.1, 0.15) is 6.61 Å². The third-order valence-electron chi connectivity index (χ3n) is 4.02. The van der Waals surface area contributed by atoms with Gasteiger partial charge in [0.05, 0.1) is 16.5 Å². The normalized spacial score (nSPS) is 16.1. The highest BCUT2D eigenvalue weighted by Gasteiger charge is 2.27. The zero-order valence-electron chi connectivity index (χ0n) is 14.0. The van der Waals surface area contributed by atoms with Crippen molar-refractivity contribution in [1.82, 2.24) is 0 Å². The van der Waals surface area contributed by atoms with Gasteiger partial charge in [0.25, 0.3) is 0 Å². The molecule has 0 aliphatic carbocycles. The van der Waals surface area contributed by atoms with Crippen LogP contribution in [-0.2, 0) is 21.4 Å². The Morgan fingerprint density at radius 2 is 1.92 bits per heavy atom. The largest absolute Gasteiger partial charge is 0.444 e. The number of sulfonamides is 1. The summed E-state index contributed by atoms with van der Waals surface area (Å²) in [5.74, 6) is 0.120. The summed E-state index contributed by atoms with van der Waals surface area (Å²) < 4.78 is 30.9. The summed E-state index contributed by atoms with van der Waals surface area (Å²) in [5, 5.41) is 2.85. The molecule has 0 aromatic heterocycles. The molecular weight excluding hydrogens is 376 g/mol. The molecule has 8 heteroatoms. The third-order valence-corrected chi connectivity index (χ3v) is 6.18. The van der Waals surface area contributed by atoms with Crippen molar-refractivity contribution in [2.75, 3.05) is 21.9 Å². The van der Waals surface area contributed by atoms with Gasteiger partial charge >= 0.3 is 6.09 Å². The van der Waals surface area contributed by atoms with Crippen LogP contribution >= 0.6 is 11.6 Å². The third kappa shape index (κ3) is 4.47. The molecule has 26 heavy (non-hydrogen) atoms. The molecular formula is C18H19ClN2O4S. The van der Waals surface area contributed by atoms with Crippen molar-refractivity contribution in [3.63, 3.8) is 0 Å². The fourth-order valence-electron chi connectivity index (χ4n) is 2.72. The predicted octanol–water partition coefficient (Wildman–Crippen LogP) is 4.02. The van der Waals surface area contributed by atoms with E-state index in [0.717, 1.165) is 12.0 Å². The molecule has 0 atom stereocenters. The van der Waals surface area contributed by atoms with Crippen LogP contribution in [0.25, 0.3) is 0 Å². The van der Waals surface area contributed by atoms with Crippen LogP contribution < -0.4 is 9.62 Å². The number of carbonyl (C=O) groups excluding carboxylic acids is 1. The van der Waals surface area contributed by atoms with Gasteiger partial charge < -0.3 is 4.74 Å². The maximum Gasteiger partial charge on any atom is 0.411 e. The average Bonchev–Trinajstić information content (AvgIpc) is 2.61. The molecule has 1 heterocycles. The van der Waals surface area contributed by atoms with E-state index >= 15 is 0 Å². The molecule has 0 spiro atoms. The molecule has 3 rings (SSSR count). The lowest BCUT2D eigenvalue weighted by Crippen LogP contribution is -2.38. The highest BCUT2D eigenvalue weighted by molar-refractivity contribution is 7.92. The number of benzene rings is 2. The number of carbonyl (C=O) groups is 1. The standard InChI is InChI=1S/C18H19ClN2O4S/c19-16-12-15(20-18(22)25-13-14-6-2-1-3-7-14)8-9-17(16)21-10-4-5-11-26(21,23)24/h1-3,6-9,12H,4-5,10-11,13H2,(H,20,22). The maximum absolute atomic E-state index is 12.2. The Balaban J connectivity index is 1.65.